The molecule has 0 aliphatic rings. The van der Waals surface area contributed by atoms with Gasteiger partial charge in [0.25, 0.3) is 0 Å². The molecule has 3 heteroatoms. The van der Waals surface area contributed by atoms with Gasteiger partial charge in [-0.3, -0.25) is 0 Å². The SMILES string of the molecule is Sc1cn(C(c2ccccc2)(c2ccccc2)c2ccccc2)cn1. The lowest BCUT2D eigenvalue weighted by molar-refractivity contribution is 0.514. The van der Waals surface area contributed by atoms with Gasteiger partial charge in [0.1, 0.15) is 10.6 Å². The molecule has 0 saturated carbocycles. The minimum atomic E-state index is -0.502. The summed E-state index contributed by atoms with van der Waals surface area (Å²) in [5, 5.41) is 0.701. The van der Waals surface area contributed by atoms with Crippen molar-refractivity contribution >= 4 is 12.6 Å². The first-order valence-electron chi connectivity index (χ1n) is 8.22. The van der Waals surface area contributed by atoms with Crippen molar-refractivity contribution in [2.45, 2.75) is 10.6 Å². The highest BCUT2D eigenvalue weighted by atomic mass is 32.1. The number of hydrogen-bond acceptors (Lipinski definition) is 2. The van der Waals surface area contributed by atoms with E-state index in [1.165, 1.54) is 16.7 Å². The predicted molar refractivity (Wildman–Crippen MR) is 104 cm³/mol. The third-order valence-corrected chi connectivity index (χ3v) is 4.76. The maximum atomic E-state index is 4.44. The molecule has 25 heavy (non-hydrogen) atoms. The summed E-state index contributed by atoms with van der Waals surface area (Å²) in [4.78, 5) is 4.39. The van der Waals surface area contributed by atoms with Gasteiger partial charge in [-0.15, -0.1) is 12.6 Å². The van der Waals surface area contributed by atoms with Gasteiger partial charge in [-0.1, -0.05) is 91.0 Å². The van der Waals surface area contributed by atoms with Gasteiger partial charge in [0.05, 0.1) is 6.33 Å². The number of hydrogen-bond donors (Lipinski definition) is 1. The second kappa shape index (κ2) is 6.61. The maximum absolute atomic E-state index is 4.44. The van der Waals surface area contributed by atoms with Crippen LogP contribution in [0.15, 0.2) is 109 Å². The third kappa shape index (κ3) is 2.67. The van der Waals surface area contributed by atoms with Crippen molar-refractivity contribution in [3.05, 3.63) is 120 Å². The van der Waals surface area contributed by atoms with E-state index >= 15 is 0 Å². The van der Waals surface area contributed by atoms with Crippen LogP contribution in [0.2, 0.25) is 0 Å². The average molecular weight is 342 g/mol. The first kappa shape index (κ1) is 15.7. The highest BCUT2D eigenvalue weighted by Crippen LogP contribution is 2.40. The van der Waals surface area contributed by atoms with E-state index in [1.54, 1.807) is 0 Å². The van der Waals surface area contributed by atoms with Crippen LogP contribution in [0, 0.1) is 0 Å². The van der Waals surface area contributed by atoms with Crippen molar-refractivity contribution in [2.24, 2.45) is 0 Å². The monoisotopic (exact) mass is 342 g/mol. The predicted octanol–water partition coefficient (Wildman–Crippen LogP) is 5.01. The summed E-state index contributed by atoms with van der Waals surface area (Å²) in [7, 11) is 0. The molecule has 0 spiro atoms. The molecule has 0 N–H and O–H groups in total. The van der Waals surface area contributed by atoms with E-state index < -0.39 is 5.54 Å². The van der Waals surface area contributed by atoms with Crippen molar-refractivity contribution < 1.29 is 0 Å². The smallest absolute Gasteiger partial charge is 0.121 e. The average Bonchev–Trinajstić information content (AvgIpc) is 3.12. The van der Waals surface area contributed by atoms with E-state index in [2.05, 4.69) is 95.0 Å². The second-order valence-electron chi connectivity index (χ2n) is 5.95. The van der Waals surface area contributed by atoms with Gasteiger partial charge in [0.15, 0.2) is 0 Å². The second-order valence-corrected chi connectivity index (χ2v) is 6.41. The van der Waals surface area contributed by atoms with Crippen LogP contribution in [0.4, 0.5) is 0 Å². The van der Waals surface area contributed by atoms with Crippen molar-refractivity contribution in [2.75, 3.05) is 0 Å². The lowest BCUT2D eigenvalue weighted by atomic mass is 9.77. The molecule has 3 aromatic carbocycles. The fraction of sp³-hybridized carbons (Fsp3) is 0.0455. The van der Waals surface area contributed by atoms with E-state index in [0.29, 0.717) is 5.03 Å². The zero-order chi connectivity index (χ0) is 17.1. The van der Waals surface area contributed by atoms with E-state index in [0.717, 1.165) is 0 Å². The maximum Gasteiger partial charge on any atom is 0.121 e. The lowest BCUT2D eigenvalue weighted by Gasteiger charge is -2.37. The molecule has 122 valence electrons. The Morgan fingerprint density at radius 3 is 1.36 bits per heavy atom. The van der Waals surface area contributed by atoms with Crippen LogP contribution in [0.25, 0.3) is 0 Å². The minimum absolute atomic E-state index is 0.502. The number of thiol groups is 1. The molecule has 0 unspecified atom stereocenters. The molecule has 1 heterocycles. The highest BCUT2D eigenvalue weighted by Gasteiger charge is 2.38. The summed E-state index contributed by atoms with van der Waals surface area (Å²) in [6.45, 7) is 0. The fourth-order valence-corrected chi connectivity index (χ4v) is 3.66. The van der Waals surface area contributed by atoms with Crippen LogP contribution in [0.1, 0.15) is 16.7 Å². The Morgan fingerprint density at radius 2 is 1.04 bits per heavy atom. The molecule has 0 bridgehead atoms. The largest absolute Gasteiger partial charge is 0.318 e. The quantitative estimate of drug-likeness (QED) is 0.408. The summed E-state index contributed by atoms with van der Waals surface area (Å²) in [6, 6.07) is 31.6. The summed E-state index contributed by atoms with van der Waals surface area (Å²) in [5.41, 5.74) is 3.03. The molecule has 0 aliphatic heterocycles. The first-order valence-corrected chi connectivity index (χ1v) is 8.66. The fourth-order valence-electron chi connectivity index (χ4n) is 3.48. The number of imidazole rings is 1. The van der Waals surface area contributed by atoms with Gasteiger partial charge in [-0.25, -0.2) is 4.98 Å². The first-order chi connectivity index (χ1) is 12.3. The Morgan fingerprint density at radius 1 is 0.640 bits per heavy atom. The van der Waals surface area contributed by atoms with Crippen molar-refractivity contribution in [3.63, 3.8) is 0 Å². The topological polar surface area (TPSA) is 17.8 Å². The number of rotatable bonds is 4. The summed E-state index contributed by atoms with van der Waals surface area (Å²) in [6.07, 6.45) is 3.84. The van der Waals surface area contributed by atoms with Crippen LogP contribution >= 0.6 is 12.6 Å². The Labute approximate surface area is 153 Å². The Kier molecular flexibility index (Phi) is 4.16. The van der Waals surface area contributed by atoms with Crippen LogP contribution in [0.5, 0.6) is 0 Å². The van der Waals surface area contributed by atoms with Crippen molar-refractivity contribution in [1.82, 2.24) is 9.55 Å². The summed E-state index contributed by atoms with van der Waals surface area (Å²) < 4.78 is 2.15. The van der Waals surface area contributed by atoms with Gasteiger partial charge in [-0.05, 0) is 16.7 Å². The standard InChI is InChI=1S/C22H18N2S/c25-21-16-24(17-23-21)22(18-10-4-1-5-11-18,19-12-6-2-7-13-19)20-14-8-3-9-15-20/h1-17,25H. The molecule has 4 rings (SSSR count). The van der Waals surface area contributed by atoms with E-state index in [-0.39, 0.29) is 0 Å². The molecule has 0 fully saturated rings. The molecule has 4 aromatic rings. The van der Waals surface area contributed by atoms with Gasteiger partial charge in [0.2, 0.25) is 0 Å². The van der Waals surface area contributed by atoms with E-state index in [9.17, 15) is 0 Å². The van der Waals surface area contributed by atoms with Crippen LogP contribution in [-0.2, 0) is 5.54 Å². The molecule has 2 nitrogen and oxygen atoms in total. The van der Waals surface area contributed by atoms with Gasteiger partial charge in [0, 0.05) is 6.20 Å². The molecule has 0 amide bonds. The van der Waals surface area contributed by atoms with Crippen molar-refractivity contribution in [1.29, 1.82) is 0 Å². The Hall–Kier alpha value is -2.78. The summed E-state index contributed by atoms with van der Waals surface area (Å²) in [5.74, 6) is 0. The number of benzene rings is 3. The number of nitrogens with zero attached hydrogens (tertiary/aromatic N) is 2. The Bertz CT molecular complexity index is 850. The lowest BCUT2D eigenvalue weighted by Crippen LogP contribution is -2.36. The van der Waals surface area contributed by atoms with E-state index in [4.69, 9.17) is 0 Å². The van der Waals surface area contributed by atoms with Crippen molar-refractivity contribution in [3.8, 4) is 0 Å². The van der Waals surface area contributed by atoms with Crippen LogP contribution < -0.4 is 0 Å². The Balaban J connectivity index is 2.12. The van der Waals surface area contributed by atoms with Crippen LogP contribution in [0.3, 0.4) is 0 Å². The normalized spacial score (nSPS) is 11.4. The van der Waals surface area contributed by atoms with Gasteiger partial charge < -0.3 is 4.57 Å². The molecule has 0 radical (unpaired) electrons. The molecule has 0 aliphatic carbocycles. The van der Waals surface area contributed by atoms with Gasteiger partial charge >= 0.3 is 0 Å². The molecular weight excluding hydrogens is 324 g/mol. The number of aromatic nitrogens is 2. The molecule has 0 saturated heterocycles. The summed E-state index contributed by atoms with van der Waals surface area (Å²) >= 11 is 4.44. The molecular formula is C22H18N2S. The highest BCUT2D eigenvalue weighted by molar-refractivity contribution is 7.80. The van der Waals surface area contributed by atoms with Gasteiger partial charge in [-0.2, -0.15) is 0 Å². The molecule has 1 aromatic heterocycles. The van der Waals surface area contributed by atoms with E-state index in [1.807, 2.05) is 30.7 Å². The zero-order valence-corrected chi connectivity index (χ0v) is 14.6. The van der Waals surface area contributed by atoms with Crippen LogP contribution in [-0.4, -0.2) is 9.55 Å². The zero-order valence-electron chi connectivity index (χ0n) is 13.7. The third-order valence-electron chi connectivity index (χ3n) is 4.53. The molecule has 0 atom stereocenters. The minimum Gasteiger partial charge on any atom is -0.318 e.